The van der Waals surface area contributed by atoms with Crippen LogP contribution in [0.4, 0.5) is 18.3 Å². The number of anilines is 1. The number of amides is 2. The van der Waals surface area contributed by atoms with E-state index >= 15 is 0 Å². The van der Waals surface area contributed by atoms with Crippen LogP contribution in [0.2, 0.25) is 0 Å². The van der Waals surface area contributed by atoms with Gasteiger partial charge in [0.15, 0.2) is 0 Å². The summed E-state index contributed by atoms with van der Waals surface area (Å²) >= 11 is 1.09. The summed E-state index contributed by atoms with van der Waals surface area (Å²) in [5, 5.41) is 9.76. The van der Waals surface area contributed by atoms with Gasteiger partial charge in [-0.25, -0.2) is 0 Å². The highest BCUT2D eigenvalue weighted by atomic mass is 32.1. The number of halogens is 3. The van der Waals surface area contributed by atoms with E-state index in [-0.39, 0.29) is 18.1 Å². The first kappa shape index (κ1) is 13.7. The Labute approximate surface area is 109 Å². The van der Waals surface area contributed by atoms with Crippen molar-refractivity contribution >= 4 is 28.3 Å². The zero-order valence-electron chi connectivity index (χ0n) is 9.48. The van der Waals surface area contributed by atoms with Crippen LogP contribution in [0.1, 0.15) is 6.42 Å². The fourth-order valence-electron chi connectivity index (χ4n) is 1.75. The molecule has 1 fully saturated rings. The first-order chi connectivity index (χ1) is 8.85. The van der Waals surface area contributed by atoms with E-state index < -0.39 is 30.5 Å². The molecule has 0 radical (unpaired) electrons. The van der Waals surface area contributed by atoms with Crippen LogP contribution < -0.4 is 5.32 Å². The average molecular weight is 294 g/mol. The molecule has 0 saturated carbocycles. The van der Waals surface area contributed by atoms with Crippen LogP contribution in [-0.2, 0) is 9.59 Å². The lowest BCUT2D eigenvalue weighted by molar-refractivity contribution is -0.157. The van der Waals surface area contributed by atoms with Gasteiger partial charge < -0.3 is 10.2 Å². The van der Waals surface area contributed by atoms with Gasteiger partial charge in [-0.2, -0.15) is 13.2 Å². The lowest BCUT2D eigenvalue weighted by Gasteiger charge is -2.18. The molecule has 6 nitrogen and oxygen atoms in total. The van der Waals surface area contributed by atoms with E-state index in [9.17, 15) is 22.8 Å². The molecule has 2 amide bonds. The number of hydrogen-bond acceptors (Lipinski definition) is 5. The number of rotatable bonds is 3. The fourth-order valence-corrected chi connectivity index (χ4v) is 2.20. The first-order valence-corrected chi connectivity index (χ1v) is 6.14. The van der Waals surface area contributed by atoms with Crippen LogP contribution in [0.5, 0.6) is 0 Å². The Morgan fingerprint density at radius 2 is 2.32 bits per heavy atom. The van der Waals surface area contributed by atoms with E-state index in [4.69, 9.17) is 0 Å². The van der Waals surface area contributed by atoms with Crippen molar-refractivity contribution in [3.8, 4) is 0 Å². The molecule has 19 heavy (non-hydrogen) atoms. The number of nitrogens with one attached hydrogen (secondary N) is 1. The van der Waals surface area contributed by atoms with Gasteiger partial charge in [-0.3, -0.25) is 9.59 Å². The summed E-state index contributed by atoms with van der Waals surface area (Å²) in [7, 11) is 0. The number of likely N-dealkylation sites (tertiary alicyclic amines) is 1. The van der Waals surface area contributed by atoms with Crippen molar-refractivity contribution in [3.05, 3.63) is 5.51 Å². The number of alkyl halides is 3. The topological polar surface area (TPSA) is 75.2 Å². The Hall–Kier alpha value is -1.71. The van der Waals surface area contributed by atoms with Gasteiger partial charge in [0.25, 0.3) is 0 Å². The van der Waals surface area contributed by atoms with Crippen molar-refractivity contribution in [3.63, 3.8) is 0 Å². The molecule has 1 atom stereocenters. The molecule has 0 unspecified atom stereocenters. The van der Waals surface area contributed by atoms with Crippen molar-refractivity contribution in [1.29, 1.82) is 0 Å². The monoisotopic (exact) mass is 294 g/mol. The van der Waals surface area contributed by atoms with Crippen molar-refractivity contribution in [2.45, 2.75) is 12.6 Å². The largest absolute Gasteiger partial charge is 0.406 e. The van der Waals surface area contributed by atoms with Gasteiger partial charge in [0, 0.05) is 13.0 Å². The third-order valence-electron chi connectivity index (χ3n) is 2.55. The highest BCUT2D eigenvalue weighted by molar-refractivity contribution is 7.13. The summed E-state index contributed by atoms with van der Waals surface area (Å²) in [6.45, 7) is -1.56. The van der Waals surface area contributed by atoms with E-state index in [1.54, 1.807) is 0 Å². The smallest absolute Gasteiger partial charge is 0.333 e. The summed E-state index contributed by atoms with van der Waals surface area (Å²) in [6.07, 6.45) is -4.68. The second kappa shape index (κ2) is 5.11. The van der Waals surface area contributed by atoms with E-state index in [2.05, 4.69) is 15.5 Å². The highest BCUT2D eigenvalue weighted by Crippen LogP contribution is 2.24. The molecule has 2 rings (SSSR count). The van der Waals surface area contributed by atoms with Gasteiger partial charge >= 0.3 is 6.18 Å². The summed E-state index contributed by atoms with van der Waals surface area (Å²) in [5.41, 5.74) is 1.41. The van der Waals surface area contributed by atoms with Crippen LogP contribution >= 0.6 is 11.3 Å². The Morgan fingerprint density at radius 1 is 1.58 bits per heavy atom. The Bertz CT molecular complexity index is 476. The van der Waals surface area contributed by atoms with Crippen LogP contribution in [0.25, 0.3) is 0 Å². The average Bonchev–Trinajstić information content (AvgIpc) is 2.88. The molecule has 1 aromatic rings. The lowest BCUT2D eigenvalue weighted by Crippen LogP contribution is -2.36. The quantitative estimate of drug-likeness (QED) is 0.898. The molecule has 1 aliphatic heterocycles. The third-order valence-corrected chi connectivity index (χ3v) is 3.15. The number of hydrogen-bond donors (Lipinski definition) is 1. The zero-order chi connectivity index (χ0) is 14.0. The first-order valence-electron chi connectivity index (χ1n) is 5.27. The predicted molar refractivity (Wildman–Crippen MR) is 59.3 cm³/mol. The van der Waals surface area contributed by atoms with Gasteiger partial charge in [-0.1, -0.05) is 11.3 Å². The molecule has 10 heteroatoms. The van der Waals surface area contributed by atoms with Crippen LogP contribution in [0, 0.1) is 5.92 Å². The second-order valence-electron chi connectivity index (χ2n) is 4.02. The van der Waals surface area contributed by atoms with Crippen LogP contribution in [0.3, 0.4) is 0 Å². The van der Waals surface area contributed by atoms with Gasteiger partial charge in [0.1, 0.15) is 12.1 Å². The Balaban J connectivity index is 1.93. The zero-order valence-corrected chi connectivity index (χ0v) is 10.3. The lowest BCUT2D eigenvalue weighted by atomic mass is 10.1. The predicted octanol–water partition coefficient (Wildman–Crippen LogP) is 0.887. The van der Waals surface area contributed by atoms with E-state index in [0.29, 0.717) is 4.90 Å². The summed E-state index contributed by atoms with van der Waals surface area (Å²) in [6, 6.07) is 0. The van der Waals surface area contributed by atoms with Crippen molar-refractivity contribution < 1.29 is 22.8 Å². The Morgan fingerprint density at radius 3 is 2.89 bits per heavy atom. The maximum Gasteiger partial charge on any atom is 0.406 e. The van der Waals surface area contributed by atoms with Crippen molar-refractivity contribution in [2.24, 2.45) is 5.92 Å². The number of nitrogens with zero attached hydrogens (tertiary/aromatic N) is 3. The summed E-state index contributed by atoms with van der Waals surface area (Å²) < 4.78 is 36.6. The minimum Gasteiger partial charge on any atom is -0.333 e. The van der Waals surface area contributed by atoms with Crippen molar-refractivity contribution in [2.75, 3.05) is 18.4 Å². The molecule has 1 saturated heterocycles. The molecule has 0 spiro atoms. The van der Waals surface area contributed by atoms with E-state index in [0.717, 1.165) is 11.3 Å². The van der Waals surface area contributed by atoms with E-state index in [1.165, 1.54) is 5.51 Å². The van der Waals surface area contributed by atoms with Gasteiger partial charge in [0.05, 0.1) is 5.92 Å². The molecular weight excluding hydrogens is 285 g/mol. The summed E-state index contributed by atoms with van der Waals surface area (Å²) in [5.74, 6) is -1.98. The Kier molecular flexibility index (Phi) is 3.69. The molecule has 0 aliphatic carbocycles. The maximum atomic E-state index is 12.2. The molecule has 2 heterocycles. The molecule has 1 N–H and O–H groups in total. The van der Waals surface area contributed by atoms with E-state index in [1.807, 2.05) is 0 Å². The third kappa shape index (κ3) is 3.63. The van der Waals surface area contributed by atoms with Gasteiger partial charge in [0.2, 0.25) is 16.9 Å². The minimum absolute atomic E-state index is 0.222. The number of carbonyl (C=O) groups excluding carboxylic acids is 2. The second-order valence-corrected chi connectivity index (χ2v) is 4.86. The SMILES string of the molecule is O=C(Nc1nncs1)[C@@H]1CC(=O)N(CC(F)(F)F)C1. The van der Waals surface area contributed by atoms with Crippen molar-refractivity contribution in [1.82, 2.24) is 15.1 Å². The fraction of sp³-hybridized carbons (Fsp3) is 0.556. The minimum atomic E-state index is -4.46. The number of carbonyl (C=O) groups is 2. The summed E-state index contributed by atoms with van der Waals surface area (Å²) in [4.78, 5) is 23.8. The molecule has 0 aromatic carbocycles. The molecule has 104 valence electrons. The standard InChI is InChI=1S/C9H9F3N4O2S/c10-9(11,12)3-16-2-5(1-6(16)17)7(18)14-8-15-13-4-19-8/h4-5H,1-3H2,(H,14,15,18)/t5-/m1/s1. The molecule has 0 bridgehead atoms. The maximum absolute atomic E-state index is 12.2. The van der Waals surface area contributed by atoms with Crippen LogP contribution in [-0.4, -0.2) is 46.2 Å². The molecular formula is C9H9F3N4O2S. The van der Waals surface area contributed by atoms with Gasteiger partial charge in [-0.15, -0.1) is 10.2 Å². The normalized spacial score (nSPS) is 19.8. The van der Waals surface area contributed by atoms with Gasteiger partial charge in [-0.05, 0) is 0 Å². The molecule has 1 aromatic heterocycles. The van der Waals surface area contributed by atoms with Crippen LogP contribution in [0.15, 0.2) is 5.51 Å². The molecule has 1 aliphatic rings. The number of aromatic nitrogens is 2. The highest BCUT2D eigenvalue weighted by Gasteiger charge is 2.40.